The van der Waals surface area contributed by atoms with Crippen molar-refractivity contribution < 1.29 is 18.8 Å². The van der Waals surface area contributed by atoms with Crippen LogP contribution in [0.1, 0.15) is 11.1 Å². The second-order valence-corrected chi connectivity index (χ2v) is 5.02. The van der Waals surface area contributed by atoms with E-state index in [1.165, 1.54) is 0 Å². The van der Waals surface area contributed by atoms with Crippen molar-refractivity contribution in [2.45, 2.75) is 13.8 Å². The molecular formula is C16H15FN2O4. The van der Waals surface area contributed by atoms with E-state index in [-0.39, 0.29) is 5.75 Å². The largest absolute Gasteiger partial charge is 0.477 e. The number of carbonyl (C=O) groups is 1. The van der Waals surface area contributed by atoms with E-state index < -0.39 is 28.9 Å². The van der Waals surface area contributed by atoms with Crippen LogP contribution >= 0.6 is 0 Å². The van der Waals surface area contributed by atoms with Crippen molar-refractivity contribution in [3.63, 3.8) is 0 Å². The molecule has 0 atom stereocenters. The third kappa shape index (κ3) is 4.26. The van der Waals surface area contributed by atoms with E-state index in [1.807, 2.05) is 26.0 Å². The number of amides is 1. The van der Waals surface area contributed by atoms with Gasteiger partial charge in [0.05, 0.1) is 4.92 Å². The summed E-state index contributed by atoms with van der Waals surface area (Å²) >= 11 is 0. The zero-order chi connectivity index (χ0) is 17.0. The lowest BCUT2D eigenvalue weighted by Crippen LogP contribution is -2.21. The number of anilines is 1. The highest BCUT2D eigenvalue weighted by Crippen LogP contribution is 2.27. The molecule has 0 aliphatic heterocycles. The van der Waals surface area contributed by atoms with Gasteiger partial charge in [0.15, 0.2) is 6.61 Å². The molecule has 0 aliphatic carbocycles. The number of nitro benzene ring substituents is 1. The lowest BCUT2D eigenvalue weighted by molar-refractivity contribution is -0.385. The van der Waals surface area contributed by atoms with Crippen LogP contribution in [0.25, 0.3) is 0 Å². The SMILES string of the molecule is Cc1ccc(C)c(NC(=O)COc2cc(F)ccc2[N+](=O)[O-])c1. The molecule has 7 heteroatoms. The molecule has 1 N–H and O–H groups in total. The number of rotatable bonds is 5. The Labute approximate surface area is 132 Å². The summed E-state index contributed by atoms with van der Waals surface area (Å²) in [5.74, 6) is -1.45. The van der Waals surface area contributed by atoms with Crippen LogP contribution in [-0.2, 0) is 4.79 Å². The highest BCUT2D eigenvalue weighted by atomic mass is 19.1. The summed E-state index contributed by atoms with van der Waals surface area (Å²) < 4.78 is 18.3. The van der Waals surface area contributed by atoms with Crippen LogP contribution in [0, 0.1) is 29.8 Å². The van der Waals surface area contributed by atoms with E-state index in [1.54, 1.807) is 6.07 Å². The zero-order valence-corrected chi connectivity index (χ0v) is 12.6. The van der Waals surface area contributed by atoms with E-state index in [0.29, 0.717) is 5.69 Å². The number of halogens is 1. The van der Waals surface area contributed by atoms with Gasteiger partial charge in [-0.05, 0) is 37.1 Å². The summed E-state index contributed by atoms with van der Waals surface area (Å²) in [6, 6.07) is 8.41. The van der Waals surface area contributed by atoms with E-state index in [4.69, 9.17) is 4.74 Å². The minimum atomic E-state index is -0.697. The number of nitrogens with zero attached hydrogens (tertiary/aromatic N) is 1. The van der Waals surface area contributed by atoms with Gasteiger partial charge in [0.1, 0.15) is 5.82 Å². The van der Waals surface area contributed by atoms with Crippen LogP contribution in [0.3, 0.4) is 0 Å². The summed E-state index contributed by atoms with van der Waals surface area (Å²) in [6.07, 6.45) is 0. The van der Waals surface area contributed by atoms with Crippen molar-refractivity contribution >= 4 is 17.3 Å². The molecule has 1 amide bonds. The van der Waals surface area contributed by atoms with Gasteiger partial charge < -0.3 is 10.1 Å². The molecule has 120 valence electrons. The highest BCUT2D eigenvalue weighted by molar-refractivity contribution is 5.92. The first-order chi connectivity index (χ1) is 10.9. The maximum absolute atomic E-state index is 13.2. The smallest absolute Gasteiger partial charge is 0.311 e. The second kappa shape index (κ2) is 6.87. The number of hydrogen-bond donors (Lipinski definition) is 1. The maximum Gasteiger partial charge on any atom is 0.311 e. The Kier molecular flexibility index (Phi) is 4.90. The molecule has 0 aromatic heterocycles. The van der Waals surface area contributed by atoms with Crippen LogP contribution in [0.2, 0.25) is 0 Å². The predicted octanol–water partition coefficient (Wildman–Crippen LogP) is 3.37. The first-order valence-electron chi connectivity index (χ1n) is 6.80. The van der Waals surface area contributed by atoms with Gasteiger partial charge in [-0.3, -0.25) is 14.9 Å². The van der Waals surface area contributed by atoms with Crippen LogP contribution in [0.15, 0.2) is 36.4 Å². The minimum absolute atomic E-state index is 0.286. The van der Waals surface area contributed by atoms with Gasteiger partial charge in [-0.1, -0.05) is 12.1 Å². The fourth-order valence-corrected chi connectivity index (χ4v) is 1.95. The third-order valence-corrected chi connectivity index (χ3v) is 3.14. The third-order valence-electron chi connectivity index (χ3n) is 3.14. The Balaban J connectivity index is 2.06. The number of aryl methyl sites for hydroxylation is 2. The van der Waals surface area contributed by atoms with Crippen molar-refractivity contribution in [3.8, 4) is 5.75 Å². The van der Waals surface area contributed by atoms with Crippen LogP contribution in [-0.4, -0.2) is 17.4 Å². The number of ether oxygens (including phenoxy) is 1. The van der Waals surface area contributed by atoms with Crippen LogP contribution in [0.5, 0.6) is 5.75 Å². The zero-order valence-electron chi connectivity index (χ0n) is 12.6. The second-order valence-electron chi connectivity index (χ2n) is 5.02. The summed E-state index contributed by atoms with van der Waals surface area (Å²) in [6.45, 7) is 3.27. The minimum Gasteiger partial charge on any atom is -0.477 e. The van der Waals surface area contributed by atoms with Crippen LogP contribution in [0.4, 0.5) is 15.8 Å². The van der Waals surface area contributed by atoms with Gasteiger partial charge in [0.2, 0.25) is 5.75 Å². The fraction of sp³-hybridized carbons (Fsp3) is 0.188. The molecule has 23 heavy (non-hydrogen) atoms. The summed E-state index contributed by atoms with van der Waals surface area (Å²) in [7, 11) is 0. The lowest BCUT2D eigenvalue weighted by atomic mass is 10.1. The summed E-state index contributed by atoms with van der Waals surface area (Å²) in [5.41, 5.74) is 2.09. The first kappa shape index (κ1) is 16.4. The van der Waals surface area contributed by atoms with E-state index >= 15 is 0 Å². The molecule has 0 bridgehead atoms. The Hall–Kier alpha value is -2.96. The Morgan fingerprint density at radius 3 is 2.70 bits per heavy atom. The van der Waals surface area contributed by atoms with Gasteiger partial charge in [-0.2, -0.15) is 0 Å². The molecule has 0 saturated heterocycles. The molecule has 2 aromatic carbocycles. The maximum atomic E-state index is 13.2. The predicted molar refractivity (Wildman–Crippen MR) is 83.1 cm³/mol. The number of carbonyl (C=O) groups excluding carboxylic acids is 1. The molecule has 0 fully saturated rings. The Morgan fingerprint density at radius 1 is 1.26 bits per heavy atom. The standard InChI is InChI=1S/C16H15FN2O4/c1-10-3-4-11(2)13(7-10)18-16(20)9-23-15-8-12(17)5-6-14(15)19(21)22/h3-8H,9H2,1-2H3,(H,18,20). The van der Waals surface area contributed by atoms with Gasteiger partial charge in [-0.25, -0.2) is 4.39 Å². The normalized spacial score (nSPS) is 10.2. The average molecular weight is 318 g/mol. The van der Waals surface area contributed by atoms with Crippen LogP contribution < -0.4 is 10.1 Å². The lowest BCUT2D eigenvalue weighted by Gasteiger charge is -2.10. The number of benzene rings is 2. The quantitative estimate of drug-likeness (QED) is 0.677. The highest BCUT2D eigenvalue weighted by Gasteiger charge is 2.17. The van der Waals surface area contributed by atoms with Crippen molar-refractivity contribution in [1.82, 2.24) is 0 Å². The van der Waals surface area contributed by atoms with Crippen molar-refractivity contribution in [2.75, 3.05) is 11.9 Å². The molecule has 0 unspecified atom stereocenters. The van der Waals surface area contributed by atoms with Crippen molar-refractivity contribution in [1.29, 1.82) is 0 Å². The number of nitrogens with one attached hydrogen (secondary N) is 1. The van der Waals surface area contributed by atoms with Gasteiger partial charge in [-0.15, -0.1) is 0 Å². The Morgan fingerprint density at radius 2 is 2.00 bits per heavy atom. The summed E-state index contributed by atoms with van der Waals surface area (Å²) in [5, 5.41) is 13.5. The fourth-order valence-electron chi connectivity index (χ4n) is 1.95. The molecule has 0 heterocycles. The van der Waals surface area contributed by atoms with E-state index in [9.17, 15) is 19.3 Å². The van der Waals surface area contributed by atoms with Gasteiger partial charge in [0.25, 0.3) is 5.91 Å². The molecular weight excluding hydrogens is 303 g/mol. The molecule has 2 aromatic rings. The molecule has 0 aliphatic rings. The van der Waals surface area contributed by atoms with E-state index in [2.05, 4.69) is 5.32 Å². The molecule has 0 saturated carbocycles. The molecule has 0 radical (unpaired) electrons. The van der Waals surface area contributed by atoms with E-state index in [0.717, 1.165) is 29.3 Å². The average Bonchev–Trinajstić information content (AvgIpc) is 2.48. The Bertz CT molecular complexity index is 762. The van der Waals surface area contributed by atoms with Gasteiger partial charge in [0, 0.05) is 17.8 Å². The van der Waals surface area contributed by atoms with Gasteiger partial charge >= 0.3 is 5.69 Å². The molecule has 0 spiro atoms. The number of nitro groups is 1. The molecule has 6 nitrogen and oxygen atoms in total. The van der Waals surface area contributed by atoms with Crippen molar-refractivity contribution in [2.24, 2.45) is 0 Å². The topological polar surface area (TPSA) is 81.5 Å². The first-order valence-corrected chi connectivity index (χ1v) is 6.80. The monoisotopic (exact) mass is 318 g/mol. The molecule has 2 rings (SSSR count). The van der Waals surface area contributed by atoms with Crippen molar-refractivity contribution in [3.05, 3.63) is 63.5 Å². The summed E-state index contributed by atoms with van der Waals surface area (Å²) in [4.78, 5) is 22.1. The number of hydrogen-bond acceptors (Lipinski definition) is 4.